The molecule has 0 spiro atoms. The Bertz CT molecular complexity index is 293. The SMILES string of the molecule is CCC(C)(CC)[NH+]([NH-])C1(C)C=CC=CC=C1. The van der Waals surface area contributed by atoms with Crippen molar-refractivity contribution < 1.29 is 5.01 Å². The van der Waals surface area contributed by atoms with Crippen LogP contribution in [0.5, 0.6) is 0 Å². The van der Waals surface area contributed by atoms with E-state index in [-0.39, 0.29) is 11.1 Å². The van der Waals surface area contributed by atoms with Crippen LogP contribution in [0.1, 0.15) is 40.5 Å². The van der Waals surface area contributed by atoms with Crippen LogP contribution in [0.2, 0.25) is 0 Å². The Hall–Kier alpha value is -0.860. The molecule has 90 valence electrons. The van der Waals surface area contributed by atoms with Gasteiger partial charge >= 0.3 is 0 Å². The van der Waals surface area contributed by atoms with E-state index in [1.165, 1.54) is 0 Å². The van der Waals surface area contributed by atoms with Crippen LogP contribution < -0.4 is 5.01 Å². The Morgan fingerprint density at radius 1 is 1.06 bits per heavy atom. The lowest BCUT2D eigenvalue weighted by Crippen LogP contribution is -3.20. The molecule has 0 bridgehead atoms. The molecule has 1 unspecified atom stereocenters. The standard InChI is InChI=1S/C14H24N2/c1-5-13(3,6-2)16(15)14(4)11-9-7-8-10-12-14/h7-12,15-16H,5-6H2,1-4H3. The molecule has 0 aromatic heterocycles. The van der Waals surface area contributed by atoms with Crippen molar-refractivity contribution in [2.75, 3.05) is 0 Å². The summed E-state index contributed by atoms with van der Waals surface area (Å²) in [5.41, 5.74) is -0.224. The van der Waals surface area contributed by atoms with Gasteiger partial charge in [0.25, 0.3) is 0 Å². The van der Waals surface area contributed by atoms with Crippen molar-refractivity contribution in [3.8, 4) is 0 Å². The average Bonchev–Trinajstić information content (AvgIpc) is 2.53. The van der Waals surface area contributed by atoms with Crippen molar-refractivity contribution in [1.29, 1.82) is 0 Å². The summed E-state index contributed by atoms with van der Waals surface area (Å²) < 4.78 is 0. The van der Waals surface area contributed by atoms with Crippen molar-refractivity contribution in [3.05, 3.63) is 42.3 Å². The number of allylic oxidation sites excluding steroid dienone is 4. The maximum atomic E-state index is 8.50. The van der Waals surface area contributed by atoms with Crippen molar-refractivity contribution in [3.63, 3.8) is 0 Å². The van der Waals surface area contributed by atoms with Crippen LogP contribution in [0.25, 0.3) is 5.84 Å². The van der Waals surface area contributed by atoms with Gasteiger partial charge in [-0.1, -0.05) is 38.2 Å². The highest BCUT2D eigenvalue weighted by atomic mass is 15.5. The molecule has 2 heteroatoms. The summed E-state index contributed by atoms with van der Waals surface area (Å²) in [4.78, 5) is 0. The highest BCUT2D eigenvalue weighted by molar-refractivity contribution is 5.25. The minimum atomic E-state index is -0.232. The molecule has 0 amide bonds. The van der Waals surface area contributed by atoms with E-state index in [4.69, 9.17) is 5.84 Å². The molecule has 0 fully saturated rings. The van der Waals surface area contributed by atoms with E-state index >= 15 is 0 Å². The molecular weight excluding hydrogens is 196 g/mol. The molecule has 0 aromatic rings. The van der Waals surface area contributed by atoms with Gasteiger partial charge in [-0.05, 0) is 38.8 Å². The number of hydrogen-bond donors (Lipinski definition) is 1. The molecule has 0 saturated heterocycles. The third-order valence-corrected chi connectivity index (χ3v) is 3.92. The van der Waals surface area contributed by atoms with E-state index in [9.17, 15) is 0 Å². The van der Waals surface area contributed by atoms with Crippen LogP contribution in [0.4, 0.5) is 0 Å². The zero-order valence-corrected chi connectivity index (χ0v) is 10.9. The fraction of sp³-hybridized carbons (Fsp3) is 0.571. The molecule has 0 radical (unpaired) electrons. The van der Waals surface area contributed by atoms with Crippen molar-refractivity contribution in [2.45, 2.75) is 51.6 Å². The summed E-state index contributed by atoms with van der Waals surface area (Å²) in [5.74, 6) is 8.50. The molecule has 2 N–H and O–H groups in total. The first-order chi connectivity index (χ1) is 7.48. The van der Waals surface area contributed by atoms with E-state index in [0.29, 0.717) is 0 Å². The van der Waals surface area contributed by atoms with E-state index in [0.717, 1.165) is 17.9 Å². The molecule has 0 saturated carbocycles. The van der Waals surface area contributed by atoms with Crippen LogP contribution in [-0.2, 0) is 0 Å². The maximum Gasteiger partial charge on any atom is 0.124 e. The van der Waals surface area contributed by atoms with Gasteiger partial charge in [-0.3, -0.25) is 0 Å². The topological polar surface area (TPSA) is 28.2 Å². The molecule has 16 heavy (non-hydrogen) atoms. The van der Waals surface area contributed by atoms with Gasteiger partial charge in [-0.2, -0.15) is 0 Å². The highest BCUT2D eigenvalue weighted by Gasteiger charge is 2.36. The molecule has 1 aliphatic carbocycles. The molecular formula is C14H24N2. The van der Waals surface area contributed by atoms with Crippen LogP contribution in [0.3, 0.4) is 0 Å². The zero-order chi connectivity index (χ0) is 12.2. The first kappa shape index (κ1) is 13.2. The van der Waals surface area contributed by atoms with E-state index < -0.39 is 0 Å². The lowest BCUT2D eigenvalue weighted by atomic mass is 9.88. The quantitative estimate of drug-likeness (QED) is 0.706. The van der Waals surface area contributed by atoms with E-state index in [1.54, 1.807) is 0 Å². The minimum Gasteiger partial charge on any atom is -0.468 e. The first-order valence-corrected chi connectivity index (χ1v) is 6.12. The van der Waals surface area contributed by atoms with Gasteiger partial charge in [-0.25, -0.2) is 0 Å². The summed E-state index contributed by atoms with van der Waals surface area (Å²) >= 11 is 0. The van der Waals surface area contributed by atoms with Crippen LogP contribution in [0.15, 0.2) is 36.5 Å². The number of quaternary nitrogens is 1. The number of rotatable bonds is 4. The zero-order valence-electron chi connectivity index (χ0n) is 10.9. The second kappa shape index (κ2) is 4.98. The predicted molar refractivity (Wildman–Crippen MR) is 70.1 cm³/mol. The van der Waals surface area contributed by atoms with Gasteiger partial charge in [0.2, 0.25) is 0 Å². The Kier molecular flexibility index (Phi) is 4.11. The molecule has 1 aliphatic rings. The van der Waals surface area contributed by atoms with Gasteiger partial charge < -0.3 is 10.9 Å². The molecule has 0 heterocycles. The van der Waals surface area contributed by atoms with Gasteiger partial charge in [0.05, 0.1) is 5.54 Å². The van der Waals surface area contributed by atoms with Crippen molar-refractivity contribution in [1.82, 2.24) is 0 Å². The van der Waals surface area contributed by atoms with E-state index in [2.05, 4.69) is 39.8 Å². The largest absolute Gasteiger partial charge is 0.468 e. The van der Waals surface area contributed by atoms with Crippen LogP contribution >= 0.6 is 0 Å². The number of nitrogens with one attached hydrogen (secondary N) is 2. The van der Waals surface area contributed by atoms with Crippen molar-refractivity contribution >= 4 is 0 Å². The maximum absolute atomic E-state index is 8.50. The minimum absolute atomic E-state index is 0.00771. The average molecular weight is 220 g/mol. The van der Waals surface area contributed by atoms with Crippen LogP contribution in [0, 0.1) is 0 Å². The molecule has 0 aromatic carbocycles. The Labute approximate surface area is 99.5 Å². The summed E-state index contributed by atoms with van der Waals surface area (Å²) in [6.45, 7) is 8.66. The first-order valence-electron chi connectivity index (χ1n) is 6.12. The van der Waals surface area contributed by atoms with Crippen molar-refractivity contribution in [2.24, 2.45) is 0 Å². The normalized spacial score (nSPS) is 20.8. The smallest absolute Gasteiger partial charge is 0.124 e. The Morgan fingerprint density at radius 3 is 1.88 bits per heavy atom. The molecule has 0 aliphatic heterocycles. The summed E-state index contributed by atoms with van der Waals surface area (Å²) in [7, 11) is 0. The summed E-state index contributed by atoms with van der Waals surface area (Å²) in [5, 5.41) is 0.821. The Morgan fingerprint density at radius 2 is 1.50 bits per heavy atom. The molecule has 1 rings (SSSR count). The fourth-order valence-electron chi connectivity index (χ4n) is 2.12. The lowest BCUT2D eigenvalue weighted by Gasteiger charge is -2.48. The lowest BCUT2D eigenvalue weighted by molar-refractivity contribution is -0.939. The monoisotopic (exact) mass is 220 g/mol. The Balaban J connectivity index is 2.99. The predicted octanol–water partition coefficient (Wildman–Crippen LogP) is 2.86. The highest BCUT2D eigenvalue weighted by Crippen LogP contribution is 2.16. The van der Waals surface area contributed by atoms with Crippen LogP contribution in [-0.4, -0.2) is 11.1 Å². The molecule has 1 atom stereocenters. The van der Waals surface area contributed by atoms with Gasteiger partial charge in [0.1, 0.15) is 5.54 Å². The number of hydrogen-bond acceptors (Lipinski definition) is 0. The van der Waals surface area contributed by atoms with Gasteiger partial charge in [-0.15, -0.1) is 0 Å². The second-order valence-electron chi connectivity index (χ2n) is 5.03. The van der Waals surface area contributed by atoms with Gasteiger partial charge in [0, 0.05) is 0 Å². The summed E-state index contributed by atoms with van der Waals surface area (Å²) in [6.07, 6.45) is 14.4. The summed E-state index contributed by atoms with van der Waals surface area (Å²) in [6, 6.07) is 0. The fourth-order valence-corrected chi connectivity index (χ4v) is 2.12. The molecule has 2 nitrogen and oxygen atoms in total. The second-order valence-corrected chi connectivity index (χ2v) is 5.03. The third kappa shape index (κ3) is 2.45. The third-order valence-electron chi connectivity index (χ3n) is 3.92. The van der Waals surface area contributed by atoms with E-state index in [1.807, 2.05) is 24.3 Å². The van der Waals surface area contributed by atoms with Gasteiger partial charge in [0.15, 0.2) is 0 Å².